The lowest BCUT2D eigenvalue weighted by molar-refractivity contribution is -0.381. The van der Waals surface area contributed by atoms with Crippen molar-refractivity contribution < 1.29 is 44.3 Å². The van der Waals surface area contributed by atoms with Gasteiger partial charge < -0.3 is 0 Å². The topological polar surface area (TPSA) is 29.4 Å². The summed E-state index contributed by atoms with van der Waals surface area (Å²) in [6.07, 6.45) is -6.93. The number of benzene rings is 1. The van der Waals surface area contributed by atoms with E-state index in [0.717, 1.165) is 24.3 Å². The molecule has 0 spiro atoms. The second-order valence-electron chi connectivity index (χ2n) is 4.87. The number of carbonyl (C=O) groups is 1. The molecule has 0 aliphatic rings. The lowest BCUT2D eigenvalue weighted by Gasteiger charge is -2.34. The summed E-state index contributed by atoms with van der Waals surface area (Å²) >= 11 is 0. The maximum atomic E-state index is 14.1. The summed E-state index contributed by atoms with van der Waals surface area (Å²) in [5, 5.41) is -5.98. The number of alkyl halides is 9. The number of amides is 1. The van der Waals surface area contributed by atoms with Crippen LogP contribution in [0.4, 0.5) is 39.5 Å². The molecule has 0 aliphatic carbocycles. The first-order valence-electron chi connectivity index (χ1n) is 6.29. The first kappa shape index (κ1) is 21.5. The van der Waals surface area contributed by atoms with Crippen molar-refractivity contribution >= 4 is 16.6 Å². The molecule has 0 saturated heterocycles. The summed E-state index contributed by atoms with van der Waals surface area (Å²) in [4.78, 5) is 10.2. The van der Waals surface area contributed by atoms with E-state index in [9.17, 15) is 44.3 Å². The lowest BCUT2D eigenvalue weighted by atomic mass is 10.1. The fourth-order valence-corrected chi connectivity index (χ4v) is 3.07. The molecule has 0 N–H and O–H groups in total. The lowest BCUT2D eigenvalue weighted by Crippen LogP contribution is -2.62. The summed E-state index contributed by atoms with van der Waals surface area (Å²) in [5.41, 5.74) is 0.464. The third-order valence-corrected chi connectivity index (χ3v) is 4.72. The van der Waals surface area contributed by atoms with Gasteiger partial charge in [0.1, 0.15) is 0 Å². The molecule has 1 atom stereocenters. The van der Waals surface area contributed by atoms with Crippen LogP contribution >= 0.6 is 0 Å². The molecule has 0 aliphatic heterocycles. The molecular weight excluding hydrogens is 389 g/mol. The molecule has 0 heterocycles. The highest BCUT2D eigenvalue weighted by atomic mass is 32.2. The van der Waals surface area contributed by atoms with Crippen LogP contribution in [-0.2, 0) is 15.5 Å². The standard InChI is InChI=1S/C13H10F9NOS/c1-7-3-5-9(6-4-7)25(23-8(2)24)13(21,22)11(16,17)10(14,15)12(18,19)20/h3-6H,1-2H3. The number of halogens is 9. The fraction of sp³-hybridized carbons (Fsp3) is 0.462. The van der Waals surface area contributed by atoms with Gasteiger partial charge in [-0.2, -0.15) is 43.9 Å². The molecule has 142 valence electrons. The number of hydrogen-bond acceptors (Lipinski definition) is 1. The van der Waals surface area contributed by atoms with Crippen molar-refractivity contribution in [2.45, 2.75) is 42.0 Å². The Labute approximate surface area is 138 Å². The van der Waals surface area contributed by atoms with Crippen LogP contribution in [0.1, 0.15) is 12.5 Å². The van der Waals surface area contributed by atoms with Gasteiger partial charge in [0.25, 0.3) is 0 Å². The van der Waals surface area contributed by atoms with Crippen LogP contribution in [0.25, 0.3) is 0 Å². The summed E-state index contributed by atoms with van der Waals surface area (Å²) in [6, 6.07) is 3.84. The highest BCUT2D eigenvalue weighted by Crippen LogP contribution is 2.55. The third kappa shape index (κ3) is 3.82. The maximum Gasteiger partial charge on any atom is 0.460 e. The third-order valence-electron chi connectivity index (χ3n) is 2.82. The van der Waals surface area contributed by atoms with Crippen molar-refractivity contribution in [2.24, 2.45) is 4.36 Å². The van der Waals surface area contributed by atoms with Gasteiger partial charge in [-0.15, -0.1) is 0 Å². The molecule has 0 aromatic heterocycles. The highest BCUT2D eigenvalue weighted by molar-refractivity contribution is 7.88. The molecule has 0 fully saturated rings. The van der Waals surface area contributed by atoms with Gasteiger partial charge in [0.15, 0.2) is 0 Å². The maximum absolute atomic E-state index is 14.1. The molecular formula is C13H10F9NOS. The normalized spacial score (nSPS) is 15.3. The Morgan fingerprint density at radius 3 is 1.68 bits per heavy atom. The molecule has 1 aromatic rings. The van der Waals surface area contributed by atoms with Gasteiger partial charge in [-0.3, -0.25) is 4.79 Å². The zero-order chi connectivity index (χ0) is 19.8. The molecule has 0 saturated carbocycles. The zero-order valence-electron chi connectivity index (χ0n) is 12.5. The second kappa shape index (κ2) is 6.61. The average molecular weight is 399 g/mol. The Balaban J connectivity index is 3.62. The van der Waals surface area contributed by atoms with E-state index < -0.39 is 44.8 Å². The largest absolute Gasteiger partial charge is 0.460 e. The summed E-state index contributed by atoms with van der Waals surface area (Å²) in [7, 11) is -3.58. The Kier molecular flexibility index (Phi) is 5.68. The van der Waals surface area contributed by atoms with Crippen LogP contribution in [0.3, 0.4) is 0 Å². The Morgan fingerprint density at radius 1 is 0.880 bits per heavy atom. The molecule has 25 heavy (non-hydrogen) atoms. The van der Waals surface area contributed by atoms with Crippen molar-refractivity contribution in [3.8, 4) is 0 Å². The van der Waals surface area contributed by atoms with Crippen molar-refractivity contribution in [1.29, 1.82) is 0 Å². The molecule has 1 amide bonds. The van der Waals surface area contributed by atoms with E-state index in [1.807, 2.05) is 0 Å². The van der Waals surface area contributed by atoms with Crippen LogP contribution < -0.4 is 0 Å². The summed E-state index contributed by atoms with van der Waals surface area (Å²) in [6.45, 7) is 2.05. The van der Waals surface area contributed by atoms with Crippen molar-refractivity contribution in [2.75, 3.05) is 0 Å². The Hall–Kier alpha value is -1.59. The Bertz CT molecular complexity index is 680. The number of carbonyl (C=O) groups excluding carboxylic acids is 1. The molecule has 1 aromatic carbocycles. The van der Waals surface area contributed by atoms with E-state index in [1.54, 1.807) is 0 Å². The van der Waals surface area contributed by atoms with Crippen molar-refractivity contribution in [3.63, 3.8) is 0 Å². The van der Waals surface area contributed by atoms with Crippen LogP contribution in [0.2, 0.25) is 0 Å². The van der Waals surface area contributed by atoms with Gasteiger partial charge >= 0.3 is 23.3 Å². The molecule has 0 bridgehead atoms. The number of rotatable bonds is 4. The van der Waals surface area contributed by atoms with Crippen LogP contribution in [0.15, 0.2) is 33.5 Å². The minimum absolute atomic E-state index is 0.464. The predicted molar refractivity (Wildman–Crippen MR) is 70.8 cm³/mol. The number of nitrogens with zero attached hydrogens (tertiary/aromatic N) is 1. The minimum atomic E-state index is -7.04. The van der Waals surface area contributed by atoms with Crippen molar-refractivity contribution in [3.05, 3.63) is 29.8 Å². The predicted octanol–water partition coefficient (Wildman–Crippen LogP) is 5.13. The molecule has 12 heteroatoms. The quantitative estimate of drug-likeness (QED) is 0.646. The van der Waals surface area contributed by atoms with Gasteiger partial charge in [0.05, 0.1) is 0 Å². The van der Waals surface area contributed by atoms with Gasteiger partial charge in [-0.25, -0.2) is 0 Å². The molecule has 1 unspecified atom stereocenters. The van der Waals surface area contributed by atoms with Gasteiger partial charge in [0.2, 0.25) is 5.91 Å². The van der Waals surface area contributed by atoms with E-state index in [4.69, 9.17) is 0 Å². The number of aryl methyl sites for hydroxylation is 1. The van der Waals surface area contributed by atoms with Gasteiger partial charge in [-0.05, 0) is 19.1 Å². The second-order valence-corrected chi connectivity index (χ2v) is 6.61. The minimum Gasteiger partial charge on any atom is -0.272 e. The van der Waals surface area contributed by atoms with Gasteiger partial charge in [-0.1, -0.05) is 17.7 Å². The first-order chi connectivity index (χ1) is 11.1. The summed E-state index contributed by atoms with van der Waals surface area (Å²) in [5.74, 6) is -15.3. The average Bonchev–Trinajstić information content (AvgIpc) is 2.44. The molecule has 2 nitrogen and oxygen atoms in total. The summed E-state index contributed by atoms with van der Waals surface area (Å²) < 4.78 is 120. The van der Waals surface area contributed by atoms with Crippen LogP contribution in [0, 0.1) is 6.92 Å². The molecule has 0 radical (unpaired) electrons. The fourth-order valence-electron chi connectivity index (χ4n) is 1.54. The monoisotopic (exact) mass is 399 g/mol. The van der Waals surface area contributed by atoms with E-state index in [2.05, 4.69) is 4.36 Å². The SMILES string of the molecule is CC(=O)N=S(c1ccc(C)cc1)C(F)(F)C(F)(F)C(F)(F)C(F)(F)F. The van der Waals surface area contributed by atoms with Crippen LogP contribution in [0.5, 0.6) is 0 Å². The number of hydrogen-bond donors (Lipinski definition) is 0. The van der Waals surface area contributed by atoms with Gasteiger partial charge in [0, 0.05) is 22.5 Å². The smallest absolute Gasteiger partial charge is 0.272 e. The zero-order valence-corrected chi connectivity index (χ0v) is 13.3. The first-order valence-corrected chi connectivity index (χ1v) is 7.47. The van der Waals surface area contributed by atoms with E-state index in [0.29, 0.717) is 12.5 Å². The van der Waals surface area contributed by atoms with E-state index in [-0.39, 0.29) is 0 Å². The molecule has 1 rings (SSSR count). The highest BCUT2D eigenvalue weighted by Gasteiger charge is 2.83. The Morgan fingerprint density at radius 2 is 1.32 bits per heavy atom. The van der Waals surface area contributed by atoms with Crippen LogP contribution in [-0.4, -0.2) is 29.2 Å². The van der Waals surface area contributed by atoms with Crippen molar-refractivity contribution in [1.82, 2.24) is 0 Å². The van der Waals surface area contributed by atoms with E-state index >= 15 is 0 Å². The van der Waals surface area contributed by atoms with E-state index in [1.165, 1.54) is 6.92 Å².